The van der Waals surface area contributed by atoms with Crippen molar-refractivity contribution in [3.63, 3.8) is 0 Å². The molecule has 3 nitrogen and oxygen atoms in total. The molecule has 3 heteroatoms. The maximum Gasteiger partial charge on any atom is 0.193 e. The lowest BCUT2D eigenvalue weighted by Gasteiger charge is -2.12. The van der Waals surface area contributed by atoms with Crippen molar-refractivity contribution in [1.82, 2.24) is 0 Å². The molecule has 0 saturated heterocycles. The van der Waals surface area contributed by atoms with Gasteiger partial charge in [0.15, 0.2) is 5.78 Å². The van der Waals surface area contributed by atoms with Crippen molar-refractivity contribution in [1.29, 1.82) is 0 Å². The first-order chi connectivity index (χ1) is 9.52. The molecule has 0 aliphatic carbocycles. The van der Waals surface area contributed by atoms with Crippen LogP contribution in [0.3, 0.4) is 0 Å². The lowest BCUT2D eigenvalue weighted by molar-refractivity contribution is 0.103. The minimum Gasteiger partial charge on any atom is -0.494 e. The van der Waals surface area contributed by atoms with Gasteiger partial charge in [0.2, 0.25) is 0 Å². The third-order valence-electron chi connectivity index (χ3n) is 3.24. The first-order valence-corrected chi connectivity index (χ1v) is 6.67. The van der Waals surface area contributed by atoms with Crippen LogP contribution in [0.4, 0.5) is 5.69 Å². The first kappa shape index (κ1) is 14.1. The number of nitrogen functional groups attached to an aromatic ring is 1. The fraction of sp³-hybridized carbons (Fsp3) is 0.235. The summed E-state index contributed by atoms with van der Waals surface area (Å²) in [5.74, 6) is 0.840. The summed E-state index contributed by atoms with van der Waals surface area (Å²) in [4.78, 5) is 12.5. The Morgan fingerprint density at radius 1 is 1.10 bits per heavy atom. The summed E-state index contributed by atoms with van der Waals surface area (Å²) in [5.41, 5.74) is 9.53. The number of ether oxygens (including phenoxy) is 1. The van der Waals surface area contributed by atoms with Crippen molar-refractivity contribution in [3.8, 4) is 5.75 Å². The van der Waals surface area contributed by atoms with Crippen molar-refractivity contribution >= 4 is 11.5 Å². The zero-order chi connectivity index (χ0) is 14.7. The lowest BCUT2D eigenvalue weighted by atomic mass is 9.96. The smallest absolute Gasteiger partial charge is 0.193 e. The number of hydrogen-bond donors (Lipinski definition) is 1. The number of carbonyl (C=O) groups excluding carboxylic acids is 1. The van der Waals surface area contributed by atoms with E-state index in [1.54, 1.807) is 24.3 Å². The van der Waals surface area contributed by atoms with Crippen LogP contribution in [-0.4, -0.2) is 12.4 Å². The molecule has 2 rings (SSSR count). The Labute approximate surface area is 119 Å². The summed E-state index contributed by atoms with van der Waals surface area (Å²) >= 11 is 0. The quantitative estimate of drug-likeness (QED) is 0.682. The Kier molecular flexibility index (Phi) is 4.08. The van der Waals surface area contributed by atoms with Gasteiger partial charge < -0.3 is 10.5 Å². The molecule has 0 unspecified atom stereocenters. The highest BCUT2D eigenvalue weighted by Gasteiger charge is 2.14. The van der Waals surface area contributed by atoms with Crippen molar-refractivity contribution in [2.45, 2.75) is 20.8 Å². The molecule has 0 aromatic heterocycles. The number of anilines is 1. The first-order valence-electron chi connectivity index (χ1n) is 6.67. The minimum absolute atomic E-state index is 0.00801. The van der Waals surface area contributed by atoms with Crippen LogP contribution in [0, 0.1) is 13.8 Å². The SMILES string of the molecule is CCOc1cc(C)c(C(=O)c2ccc(N)cc2)cc1C. The van der Waals surface area contributed by atoms with E-state index in [1.807, 2.05) is 32.9 Å². The highest BCUT2D eigenvalue weighted by Crippen LogP contribution is 2.25. The van der Waals surface area contributed by atoms with E-state index in [4.69, 9.17) is 10.5 Å². The Bertz CT molecular complexity index is 630. The van der Waals surface area contributed by atoms with Gasteiger partial charge in [-0.15, -0.1) is 0 Å². The molecule has 0 fully saturated rings. The van der Waals surface area contributed by atoms with Gasteiger partial charge in [0.25, 0.3) is 0 Å². The van der Waals surface area contributed by atoms with Gasteiger partial charge in [-0.1, -0.05) is 0 Å². The second kappa shape index (κ2) is 5.78. The molecule has 0 heterocycles. The summed E-state index contributed by atoms with van der Waals surface area (Å²) in [6, 6.07) is 10.8. The normalized spacial score (nSPS) is 10.3. The highest BCUT2D eigenvalue weighted by atomic mass is 16.5. The molecule has 2 aromatic rings. The maximum absolute atomic E-state index is 12.5. The third kappa shape index (κ3) is 2.82. The number of rotatable bonds is 4. The van der Waals surface area contributed by atoms with Gasteiger partial charge in [-0.2, -0.15) is 0 Å². The molecule has 2 aromatic carbocycles. The van der Waals surface area contributed by atoms with E-state index in [2.05, 4.69) is 0 Å². The molecular formula is C17H19NO2. The molecule has 0 spiro atoms. The second-order valence-electron chi connectivity index (χ2n) is 4.82. The molecule has 0 amide bonds. The third-order valence-corrected chi connectivity index (χ3v) is 3.24. The summed E-state index contributed by atoms with van der Waals surface area (Å²) < 4.78 is 5.55. The van der Waals surface area contributed by atoms with Crippen LogP contribution in [0.1, 0.15) is 34.0 Å². The van der Waals surface area contributed by atoms with E-state index in [9.17, 15) is 4.79 Å². The highest BCUT2D eigenvalue weighted by molar-refractivity contribution is 6.10. The molecule has 0 bridgehead atoms. The average molecular weight is 269 g/mol. The van der Waals surface area contributed by atoms with Gasteiger partial charge in [0, 0.05) is 16.8 Å². The summed E-state index contributed by atoms with van der Waals surface area (Å²) in [6.07, 6.45) is 0. The van der Waals surface area contributed by atoms with Crippen LogP contribution in [0.2, 0.25) is 0 Å². The van der Waals surface area contributed by atoms with Crippen molar-refractivity contribution in [2.75, 3.05) is 12.3 Å². The number of aryl methyl sites for hydroxylation is 2. The predicted octanol–water partition coefficient (Wildman–Crippen LogP) is 3.52. The average Bonchev–Trinajstić information content (AvgIpc) is 2.43. The van der Waals surface area contributed by atoms with Gasteiger partial charge in [-0.3, -0.25) is 4.79 Å². The Morgan fingerprint density at radius 2 is 1.75 bits per heavy atom. The Balaban J connectivity index is 2.40. The summed E-state index contributed by atoms with van der Waals surface area (Å²) in [6.45, 7) is 6.43. The molecule has 0 aliphatic heterocycles. The maximum atomic E-state index is 12.5. The number of nitrogens with two attached hydrogens (primary N) is 1. The lowest BCUT2D eigenvalue weighted by Crippen LogP contribution is -2.06. The van der Waals surface area contributed by atoms with Crippen molar-refractivity contribution in [3.05, 3.63) is 58.7 Å². The van der Waals surface area contributed by atoms with E-state index < -0.39 is 0 Å². The van der Waals surface area contributed by atoms with E-state index >= 15 is 0 Å². The van der Waals surface area contributed by atoms with Gasteiger partial charge in [0.1, 0.15) is 5.75 Å². The number of hydrogen-bond acceptors (Lipinski definition) is 3. The fourth-order valence-corrected chi connectivity index (χ4v) is 2.14. The van der Waals surface area contributed by atoms with E-state index in [-0.39, 0.29) is 5.78 Å². The zero-order valence-electron chi connectivity index (χ0n) is 12.1. The van der Waals surface area contributed by atoms with Crippen LogP contribution in [0.25, 0.3) is 0 Å². The standard InChI is InChI=1S/C17H19NO2/c1-4-20-16-10-11(2)15(9-12(16)3)17(19)13-5-7-14(18)8-6-13/h5-10H,4,18H2,1-3H3. The Morgan fingerprint density at radius 3 is 2.35 bits per heavy atom. The minimum atomic E-state index is 0.00801. The van der Waals surface area contributed by atoms with Gasteiger partial charge in [-0.25, -0.2) is 0 Å². The molecule has 0 radical (unpaired) electrons. The van der Waals surface area contributed by atoms with Crippen LogP contribution in [0.5, 0.6) is 5.75 Å². The summed E-state index contributed by atoms with van der Waals surface area (Å²) in [5, 5.41) is 0. The molecule has 0 atom stereocenters. The number of carbonyl (C=O) groups is 1. The van der Waals surface area contributed by atoms with Gasteiger partial charge in [-0.05, 0) is 68.3 Å². The molecule has 0 saturated carbocycles. The molecule has 0 aliphatic rings. The fourth-order valence-electron chi connectivity index (χ4n) is 2.14. The van der Waals surface area contributed by atoms with Gasteiger partial charge in [0.05, 0.1) is 6.61 Å². The second-order valence-corrected chi connectivity index (χ2v) is 4.82. The Hall–Kier alpha value is -2.29. The molecular weight excluding hydrogens is 250 g/mol. The van der Waals surface area contributed by atoms with E-state index in [0.29, 0.717) is 23.4 Å². The summed E-state index contributed by atoms with van der Waals surface area (Å²) in [7, 11) is 0. The topological polar surface area (TPSA) is 52.3 Å². The monoisotopic (exact) mass is 269 g/mol. The molecule has 2 N–H and O–H groups in total. The van der Waals surface area contributed by atoms with Crippen LogP contribution in [0.15, 0.2) is 36.4 Å². The van der Waals surface area contributed by atoms with Crippen LogP contribution >= 0.6 is 0 Å². The van der Waals surface area contributed by atoms with Crippen molar-refractivity contribution < 1.29 is 9.53 Å². The van der Waals surface area contributed by atoms with Crippen LogP contribution in [-0.2, 0) is 0 Å². The van der Waals surface area contributed by atoms with Gasteiger partial charge >= 0.3 is 0 Å². The predicted molar refractivity (Wildman–Crippen MR) is 81.4 cm³/mol. The molecule has 20 heavy (non-hydrogen) atoms. The van der Waals surface area contributed by atoms with E-state index in [1.165, 1.54) is 0 Å². The number of ketones is 1. The molecule has 104 valence electrons. The van der Waals surface area contributed by atoms with Crippen molar-refractivity contribution in [2.24, 2.45) is 0 Å². The zero-order valence-corrected chi connectivity index (χ0v) is 12.1. The van der Waals surface area contributed by atoms with Crippen LogP contribution < -0.4 is 10.5 Å². The number of benzene rings is 2. The van der Waals surface area contributed by atoms with E-state index in [0.717, 1.165) is 16.9 Å². The largest absolute Gasteiger partial charge is 0.494 e.